The summed E-state index contributed by atoms with van der Waals surface area (Å²) < 4.78 is 17.9. The lowest BCUT2D eigenvalue weighted by atomic mass is 10.3. The summed E-state index contributed by atoms with van der Waals surface area (Å²) in [7, 11) is 0. The summed E-state index contributed by atoms with van der Waals surface area (Å²) in [6.45, 7) is 2.17. The van der Waals surface area contributed by atoms with E-state index in [-0.39, 0.29) is 11.5 Å². The van der Waals surface area contributed by atoms with Gasteiger partial charge < -0.3 is 10.5 Å². The van der Waals surface area contributed by atoms with E-state index in [2.05, 4.69) is 0 Å². The number of nitrogen functional groups attached to an aromatic ring is 1. The average Bonchev–Trinajstić information content (AvgIpc) is 2.16. The van der Waals surface area contributed by atoms with Gasteiger partial charge in [-0.05, 0) is 24.6 Å². The van der Waals surface area contributed by atoms with E-state index in [9.17, 15) is 4.39 Å². The van der Waals surface area contributed by atoms with Gasteiger partial charge in [0.1, 0.15) is 18.2 Å². The summed E-state index contributed by atoms with van der Waals surface area (Å²) in [5.41, 5.74) is 8.12. The minimum atomic E-state index is -0.376. The second-order valence-corrected chi connectivity index (χ2v) is 3.14. The van der Waals surface area contributed by atoms with Crippen LogP contribution in [0.3, 0.4) is 0 Å². The van der Waals surface area contributed by atoms with Gasteiger partial charge in [0, 0.05) is 11.6 Å². The van der Waals surface area contributed by atoms with Crippen LogP contribution in [0.2, 0.25) is 0 Å². The SMILES string of the molecule is C/C(=C/Cl)COc1ccc(F)cc1N. The molecule has 0 aromatic heterocycles. The normalized spacial score (nSPS) is 11.5. The fraction of sp³-hybridized carbons (Fsp3) is 0.200. The van der Waals surface area contributed by atoms with Crippen LogP contribution in [0, 0.1) is 5.82 Å². The first-order chi connectivity index (χ1) is 6.63. The lowest BCUT2D eigenvalue weighted by Gasteiger charge is -2.08. The molecule has 1 aromatic rings. The molecule has 1 rings (SSSR count). The molecule has 0 saturated carbocycles. The van der Waals surface area contributed by atoms with Gasteiger partial charge in [0.25, 0.3) is 0 Å². The van der Waals surface area contributed by atoms with Crippen molar-refractivity contribution in [2.75, 3.05) is 12.3 Å². The Morgan fingerprint density at radius 2 is 2.36 bits per heavy atom. The minimum absolute atomic E-state index is 0.285. The monoisotopic (exact) mass is 215 g/mol. The third kappa shape index (κ3) is 2.92. The number of benzene rings is 1. The molecule has 76 valence electrons. The van der Waals surface area contributed by atoms with Gasteiger partial charge in [0.2, 0.25) is 0 Å². The second kappa shape index (κ2) is 4.86. The van der Waals surface area contributed by atoms with Crippen molar-refractivity contribution in [3.05, 3.63) is 35.1 Å². The Balaban J connectivity index is 2.68. The van der Waals surface area contributed by atoms with Gasteiger partial charge in [-0.25, -0.2) is 4.39 Å². The van der Waals surface area contributed by atoms with Crippen LogP contribution in [0.5, 0.6) is 5.75 Å². The van der Waals surface area contributed by atoms with Crippen molar-refractivity contribution in [3.63, 3.8) is 0 Å². The average molecular weight is 216 g/mol. The van der Waals surface area contributed by atoms with E-state index in [1.54, 1.807) is 0 Å². The predicted molar refractivity (Wildman–Crippen MR) is 55.9 cm³/mol. The van der Waals surface area contributed by atoms with Crippen LogP contribution in [-0.2, 0) is 0 Å². The van der Waals surface area contributed by atoms with Crippen molar-refractivity contribution in [1.29, 1.82) is 0 Å². The number of hydrogen-bond acceptors (Lipinski definition) is 2. The zero-order chi connectivity index (χ0) is 10.6. The molecule has 0 bridgehead atoms. The smallest absolute Gasteiger partial charge is 0.142 e. The highest BCUT2D eigenvalue weighted by molar-refractivity contribution is 6.25. The zero-order valence-electron chi connectivity index (χ0n) is 7.76. The first kappa shape index (κ1) is 10.9. The summed E-state index contributed by atoms with van der Waals surface area (Å²) in [5.74, 6) is 0.0868. The van der Waals surface area contributed by atoms with E-state index >= 15 is 0 Å². The summed E-state index contributed by atoms with van der Waals surface area (Å²) in [4.78, 5) is 0. The van der Waals surface area contributed by atoms with Crippen LogP contribution in [0.15, 0.2) is 29.3 Å². The molecule has 0 heterocycles. The molecule has 2 N–H and O–H groups in total. The maximum atomic E-state index is 12.6. The van der Waals surface area contributed by atoms with Gasteiger partial charge in [-0.2, -0.15) is 0 Å². The van der Waals surface area contributed by atoms with E-state index in [1.807, 2.05) is 6.92 Å². The molecule has 2 nitrogen and oxygen atoms in total. The van der Waals surface area contributed by atoms with Gasteiger partial charge in [0.15, 0.2) is 0 Å². The van der Waals surface area contributed by atoms with Crippen LogP contribution in [0.25, 0.3) is 0 Å². The van der Waals surface area contributed by atoms with E-state index in [1.165, 1.54) is 23.7 Å². The van der Waals surface area contributed by atoms with Crippen LogP contribution in [0.1, 0.15) is 6.92 Å². The first-order valence-electron chi connectivity index (χ1n) is 4.07. The van der Waals surface area contributed by atoms with Crippen LogP contribution in [-0.4, -0.2) is 6.61 Å². The molecule has 0 unspecified atom stereocenters. The molecule has 4 heteroatoms. The van der Waals surface area contributed by atoms with Crippen molar-refractivity contribution < 1.29 is 9.13 Å². The van der Waals surface area contributed by atoms with Crippen molar-refractivity contribution in [2.45, 2.75) is 6.92 Å². The Morgan fingerprint density at radius 1 is 1.64 bits per heavy atom. The molecule has 0 aliphatic carbocycles. The Hall–Kier alpha value is -1.22. The lowest BCUT2D eigenvalue weighted by Crippen LogP contribution is -2.01. The number of nitrogens with two attached hydrogens (primary N) is 1. The van der Waals surface area contributed by atoms with Crippen LogP contribution in [0.4, 0.5) is 10.1 Å². The van der Waals surface area contributed by atoms with E-state index in [4.69, 9.17) is 22.1 Å². The number of ether oxygens (including phenoxy) is 1. The van der Waals surface area contributed by atoms with Crippen molar-refractivity contribution in [1.82, 2.24) is 0 Å². The molecule has 0 saturated heterocycles. The van der Waals surface area contributed by atoms with E-state index < -0.39 is 0 Å². The quantitative estimate of drug-likeness (QED) is 0.787. The Labute approximate surface area is 87.1 Å². The van der Waals surface area contributed by atoms with Gasteiger partial charge >= 0.3 is 0 Å². The molecule has 0 radical (unpaired) electrons. The predicted octanol–water partition coefficient (Wildman–Crippen LogP) is 2.93. The summed E-state index contributed by atoms with van der Waals surface area (Å²) in [6, 6.07) is 4.01. The molecule has 0 aliphatic heterocycles. The maximum absolute atomic E-state index is 12.6. The number of rotatable bonds is 3. The third-order valence-corrected chi connectivity index (χ3v) is 1.99. The molecule has 1 aromatic carbocycles. The third-order valence-electron chi connectivity index (χ3n) is 1.61. The molecule has 0 amide bonds. The van der Waals surface area contributed by atoms with Crippen LogP contribution < -0.4 is 10.5 Å². The summed E-state index contributed by atoms with van der Waals surface area (Å²) in [5, 5.41) is 0. The molecule has 14 heavy (non-hydrogen) atoms. The van der Waals surface area contributed by atoms with Crippen molar-refractivity contribution >= 4 is 17.3 Å². The van der Waals surface area contributed by atoms with Crippen LogP contribution >= 0.6 is 11.6 Å². The number of hydrogen-bond donors (Lipinski definition) is 1. The highest BCUT2D eigenvalue weighted by Crippen LogP contribution is 2.22. The summed E-state index contributed by atoms with van der Waals surface area (Å²) >= 11 is 5.45. The molecular formula is C10H11ClFNO. The van der Waals surface area contributed by atoms with Gasteiger partial charge in [-0.3, -0.25) is 0 Å². The Kier molecular flexibility index (Phi) is 3.77. The largest absolute Gasteiger partial charge is 0.487 e. The van der Waals surface area contributed by atoms with Gasteiger partial charge in [-0.15, -0.1) is 0 Å². The van der Waals surface area contributed by atoms with E-state index in [0.29, 0.717) is 12.4 Å². The molecule has 0 aliphatic rings. The standard InChI is InChI=1S/C10H11ClFNO/c1-7(5-11)6-14-10-3-2-8(12)4-9(10)13/h2-5H,6,13H2,1H3/b7-5-. The molecule has 0 atom stereocenters. The fourth-order valence-electron chi connectivity index (χ4n) is 0.874. The minimum Gasteiger partial charge on any atom is -0.487 e. The highest BCUT2D eigenvalue weighted by atomic mass is 35.5. The van der Waals surface area contributed by atoms with Crippen molar-refractivity contribution in [3.8, 4) is 5.75 Å². The van der Waals surface area contributed by atoms with Crippen molar-refractivity contribution in [2.24, 2.45) is 0 Å². The highest BCUT2D eigenvalue weighted by Gasteiger charge is 2.01. The topological polar surface area (TPSA) is 35.2 Å². The second-order valence-electron chi connectivity index (χ2n) is 2.93. The number of anilines is 1. The Morgan fingerprint density at radius 3 is 2.93 bits per heavy atom. The van der Waals surface area contributed by atoms with E-state index in [0.717, 1.165) is 5.57 Å². The Bertz CT molecular complexity index is 352. The molecule has 0 spiro atoms. The van der Waals surface area contributed by atoms with Gasteiger partial charge in [-0.1, -0.05) is 11.6 Å². The zero-order valence-corrected chi connectivity index (χ0v) is 8.51. The lowest BCUT2D eigenvalue weighted by molar-refractivity contribution is 0.354. The maximum Gasteiger partial charge on any atom is 0.142 e. The summed E-state index contributed by atoms with van der Waals surface area (Å²) in [6.07, 6.45) is 0. The first-order valence-corrected chi connectivity index (χ1v) is 4.51. The molecule has 0 fully saturated rings. The van der Waals surface area contributed by atoms with Gasteiger partial charge in [0.05, 0.1) is 5.69 Å². The fourth-order valence-corrected chi connectivity index (χ4v) is 0.937. The molecular weight excluding hydrogens is 205 g/mol. The number of halogens is 2.